The van der Waals surface area contributed by atoms with Gasteiger partial charge in [-0.3, -0.25) is 9.48 Å². The highest BCUT2D eigenvalue weighted by Crippen LogP contribution is 2.20. The molecule has 0 aromatic carbocycles. The van der Waals surface area contributed by atoms with Crippen LogP contribution in [0.5, 0.6) is 0 Å². The van der Waals surface area contributed by atoms with Crippen LogP contribution in [0.15, 0.2) is 12.3 Å². The number of carbonyl (C=O) groups is 1. The number of rotatable bonds is 5. The Morgan fingerprint density at radius 2 is 2.32 bits per heavy atom. The molecule has 0 spiro atoms. The molecule has 0 aliphatic carbocycles. The van der Waals surface area contributed by atoms with Crippen molar-refractivity contribution in [2.45, 2.75) is 26.8 Å². The summed E-state index contributed by atoms with van der Waals surface area (Å²) in [6.45, 7) is 4.74. The van der Waals surface area contributed by atoms with Crippen molar-refractivity contribution >= 4 is 29.5 Å². The third-order valence-corrected chi connectivity index (χ3v) is 3.65. The van der Waals surface area contributed by atoms with E-state index in [9.17, 15) is 4.79 Å². The van der Waals surface area contributed by atoms with Gasteiger partial charge in [0.05, 0.1) is 17.8 Å². The zero-order valence-corrected chi connectivity index (χ0v) is 11.6. The van der Waals surface area contributed by atoms with Crippen LogP contribution in [0.25, 0.3) is 12.2 Å². The molecule has 2 heterocycles. The molecule has 0 bridgehead atoms. The van der Waals surface area contributed by atoms with Gasteiger partial charge in [-0.25, -0.2) is 4.98 Å². The highest BCUT2D eigenvalue weighted by molar-refractivity contribution is 7.12. The van der Waals surface area contributed by atoms with E-state index in [1.54, 1.807) is 6.20 Å². The highest BCUT2D eigenvalue weighted by atomic mass is 32.1. The summed E-state index contributed by atoms with van der Waals surface area (Å²) in [5.41, 5.74) is 1.65. The van der Waals surface area contributed by atoms with Gasteiger partial charge in [-0.1, -0.05) is 0 Å². The van der Waals surface area contributed by atoms with Crippen LogP contribution in [-0.4, -0.2) is 25.8 Å². The van der Waals surface area contributed by atoms with Gasteiger partial charge in [-0.2, -0.15) is 5.10 Å². The zero-order valence-electron chi connectivity index (χ0n) is 10.8. The summed E-state index contributed by atoms with van der Waals surface area (Å²) in [5.74, 6) is -0.854. The summed E-state index contributed by atoms with van der Waals surface area (Å²) in [4.78, 5) is 16.0. The lowest BCUT2D eigenvalue weighted by Gasteiger charge is -1.97. The molecule has 1 N–H and O–H groups in total. The van der Waals surface area contributed by atoms with Crippen molar-refractivity contribution in [3.05, 3.63) is 33.5 Å². The maximum atomic E-state index is 10.7. The number of aryl methyl sites for hydroxylation is 2. The van der Waals surface area contributed by atoms with Crippen LogP contribution in [0.1, 0.15) is 28.2 Å². The van der Waals surface area contributed by atoms with Crippen LogP contribution < -0.4 is 0 Å². The van der Waals surface area contributed by atoms with Gasteiger partial charge in [0.1, 0.15) is 5.01 Å². The molecule has 2 aromatic heterocycles. The summed E-state index contributed by atoms with van der Waals surface area (Å²) in [5, 5.41) is 13.8. The molecule has 0 atom stereocenters. The van der Waals surface area contributed by atoms with Crippen molar-refractivity contribution in [3.8, 4) is 0 Å². The van der Waals surface area contributed by atoms with Crippen LogP contribution >= 0.6 is 11.3 Å². The Morgan fingerprint density at radius 1 is 1.53 bits per heavy atom. The average molecular weight is 277 g/mol. The lowest BCUT2D eigenvalue weighted by molar-refractivity contribution is -0.136. The highest BCUT2D eigenvalue weighted by Gasteiger charge is 2.09. The molecular formula is C13H15N3O2S. The molecule has 0 aliphatic rings. The fourth-order valence-corrected chi connectivity index (χ4v) is 2.58. The molecule has 19 heavy (non-hydrogen) atoms. The number of carboxylic acid groups (broad SMARTS) is 1. The maximum absolute atomic E-state index is 10.7. The molecule has 6 heteroatoms. The third kappa shape index (κ3) is 3.29. The molecule has 100 valence electrons. The molecule has 0 radical (unpaired) electrons. The monoisotopic (exact) mass is 277 g/mol. The zero-order chi connectivity index (χ0) is 13.8. The number of nitrogens with zero attached hydrogens (tertiary/aromatic N) is 3. The Kier molecular flexibility index (Phi) is 4.11. The van der Waals surface area contributed by atoms with Gasteiger partial charge >= 0.3 is 5.97 Å². The third-order valence-electron chi connectivity index (χ3n) is 2.67. The number of aliphatic carboxylic acids is 1. The van der Waals surface area contributed by atoms with E-state index in [0.29, 0.717) is 5.69 Å². The summed E-state index contributed by atoms with van der Waals surface area (Å²) in [7, 11) is 0. The standard InChI is InChI=1S/C13H15N3O2S/c1-3-16-10(6-7-14-16)4-5-12-15-11(8-13(17)18)9(2)19-12/h4-7H,3,8H2,1-2H3,(H,17,18)/b5-4+. The van der Waals surface area contributed by atoms with Crippen LogP contribution in [0, 0.1) is 6.92 Å². The van der Waals surface area contributed by atoms with Gasteiger partial charge in [0.2, 0.25) is 0 Å². The molecule has 5 nitrogen and oxygen atoms in total. The first kappa shape index (κ1) is 13.5. The quantitative estimate of drug-likeness (QED) is 0.911. The first-order valence-corrected chi connectivity index (χ1v) is 6.79. The van der Waals surface area contributed by atoms with E-state index in [1.165, 1.54) is 11.3 Å². The molecule has 0 fully saturated rings. The van der Waals surface area contributed by atoms with E-state index in [2.05, 4.69) is 10.1 Å². The summed E-state index contributed by atoms with van der Waals surface area (Å²) < 4.78 is 1.88. The molecular weight excluding hydrogens is 262 g/mol. The Balaban J connectivity index is 2.17. The predicted molar refractivity (Wildman–Crippen MR) is 75.0 cm³/mol. The second-order valence-corrected chi connectivity index (χ2v) is 5.27. The molecule has 0 saturated heterocycles. The first-order chi connectivity index (χ1) is 9.10. The van der Waals surface area contributed by atoms with Crippen molar-refractivity contribution in [1.82, 2.24) is 14.8 Å². The lowest BCUT2D eigenvalue weighted by atomic mass is 10.3. The minimum atomic E-state index is -0.854. The van der Waals surface area contributed by atoms with Crippen LogP contribution in [-0.2, 0) is 17.8 Å². The van der Waals surface area contributed by atoms with E-state index in [4.69, 9.17) is 5.11 Å². The van der Waals surface area contributed by atoms with Gasteiger partial charge in [0.25, 0.3) is 0 Å². The maximum Gasteiger partial charge on any atom is 0.309 e. The summed E-state index contributed by atoms with van der Waals surface area (Å²) >= 11 is 1.50. The Morgan fingerprint density at radius 3 is 3.00 bits per heavy atom. The molecule has 2 aromatic rings. The number of hydrogen-bond acceptors (Lipinski definition) is 4. The Hall–Kier alpha value is -1.95. The molecule has 0 unspecified atom stereocenters. The summed E-state index contributed by atoms with van der Waals surface area (Å²) in [6, 6.07) is 1.93. The number of hydrogen-bond donors (Lipinski definition) is 1. The number of thiazole rings is 1. The average Bonchev–Trinajstić information content (AvgIpc) is 2.93. The van der Waals surface area contributed by atoms with Crippen molar-refractivity contribution in [3.63, 3.8) is 0 Å². The van der Waals surface area contributed by atoms with Crippen molar-refractivity contribution in [2.75, 3.05) is 0 Å². The van der Waals surface area contributed by atoms with Crippen LogP contribution in [0.3, 0.4) is 0 Å². The SMILES string of the molecule is CCn1nccc1/C=C/c1nc(CC(=O)O)c(C)s1. The van der Waals surface area contributed by atoms with Gasteiger partial charge in [0, 0.05) is 17.6 Å². The topological polar surface area (TPSA) is 68.0 Å². The fourth-order valence-electron chi connectivity index (χ4n) is 1.73. The lowest BCUT2D eigenvalue weighted by Crippen LogP contribution is -2.01. The van der Waals surface area contributed by atoms with E-state index < -0.39 is 5.97 Å². The van der Waals surface area contributed by atoms with Crippen molar-refractivity contribution in [1.29, 1.82) is 0 Å². The van der Waals surface area contributed by atoms with Gasteiger partial charge in [-0.15, -0.1) is 11.3 Å². The van der Waals surface area contributed by atoms with Crippen LogP contribution in [0.2, 0.25) is 0 Å². The van der Waals surface area contributed by atoms with Crippen LogP contribution in [0.4, 0.5) is 0 Å². The first-order valence-electron chi connectivity index (χ1n) is 5.98. The molecule has 0 amide bonds. The van der Waals surface area contributed by atoms with E-state index >= 15 is 0 Å². The summed E-state index contributed by atoms with van der Waals surface area (Å²) in [6.07, 6.45) is 5.57. The molecule has 0 aliphatic heterocycles. The Bertz CT molecular complexity index is 613. The van der Waals surface area contributed by atoms with Crippen molar-refractivity contribution in [2.24, 2.45) is 0 Å². The van der Waals surface area contributed by atoms with E-state index in [-0.39, 0.29) is 6.42 Å². The van der Waals surface area contributed by atoms with Gasteiger partial charge in [0.15, 0.2) is 0 Å². The minimum Gasteiger partial charge on any atom is -0.481 e. The second kappa shape index (κ2) is 5.79. The smallest absolute Gasteiger partial charge is 0.309 e. The number of carboxylic acids is 1. The fraction of sp³-hybridized carbons (Fsp3) is 0.308. The number of aromatic nitrogens is 3. The van der Waals surface area contributed by atoms with Crippen molar-refractivity contribution < 1.29 is 9.90 Å². The largest absolute Gasteiger partial charge is 0.481 e. The minimum absolute atomic E-state index is 0.0247. The van der Waals surface area contributed by atoms with Gasteiger partial charge in [-0.05, 0) is 32.1 Å². The van der Waals surface area contributed by atoms with E-state index in [0.717, 1.165) is 22.1 Å². The van der Waals surface area contributed by atoms with Gasteiger partial charge < -0.3 is 5.11 Å². The predicted octanol–water partition coefficient (Wildman–Crippen LogP) is 2.47. The second-order valence-electron chi connectivity index (χ2n) is 4.03. The van der Waals surface area contributed by atoms with E-state index in [1.807, 2.05) is 36.7 Å². The normalized spacial score (nSPS) is 11.3. The molecule has 2 rings (SSSR count). The molecule has 0 saturated carbocycles. The Labute approximate surface area is 115 Å².